The van der Waals surface area contributed by atoms with Crippen LogP contribution >= 0.6 is 35.6 Å². The number of rotatable bonds is 7. The third-order valence-corrected chi connectivity index (χ3v) is 6.26. The fourth-order valence-electron chi connectivity index (χ4n) is 4.24. The van der Waals surface area contributed by atoms with Crippen LogP contribution in [0.3, 0.4) is 0 Å². The molecule has 2 saturated heterocycles. The highest BCUT2D eigenvalue weighted by Gasteiger charge is 2.24. The molecule has 2 unspecified atom stereocenters. The standard InChI is InChI=1S/C22H37ClN6.HI/c1-4-27-10-12-28(13-11-27)16-18(2)15-25-22(24-3)26-20-8-9-29(17-20)21-7-5-6-19(23)14-21;/h5-7,14,18,20H,4,8-13,15-17H2,1-3H3,(H2,24,25,26);1H. The first-order valence-electron chi connectivity index (χ1n) is 11.0. The van der Waals surface area contributed by atoms with Gasteiger partial charge in [0.05, 0.1) is 0 Å². The Hall–Kier alpha value is -0.770. The van der Waals surface area contributed by atoms with Gasteiger partial charge in [-0.1, -0.05) is 31.5 Å². The maximum Gasteiger partial charge on any atom is 0.191 e. The van der Waals surface area contributed by atoms with E-state index in [1.165, 1.54) is 38.4 Å². The molecule has 2 heterocycles. The molecule has 2 atom stereocenters. The molecule has 0 amide bonds. The van der Waals surface area contributed by atoms with Crippen LogP contribution < -0.4 is 15.5 Å². The number of benzene rings is 1. The highest BCUT2D eigenvalue weighted by molar-refractivity contribution is 14.0. The van der Waals surface area contributed by atoms with Crippen molar-refractivity contribution in [2.75, 3.05) is 70.9 Å². The van der Waals surface area contributed by atoms with Gasteiger partial charge in [0.25, 0.3) is 0 Å². The number of hydrogen-bond donors (Lipinski definition) is 2. The zero-order valence-corrected chi connectivity index (χ0v) is 21.7. The average Bonchev–Trinajstić information content (AvgIpc) is 3.20. The summed E-state index contributed by atoms with van der Waals surface area (Å²) in [5.74, 6) is 1.50. The Balaban J connectivity index is 0.00000320. The number of likely N-dealkylation sites (N-methyl/N-ethyl adjacent to an activating group) is 1. The van der Waals surface area contributed by atoms with Crippen LogP contribution in [0.25, 0.3) is 0 Å². The van der Waals surface area contributed by atoms with E-state index in [2.05, 4.69) is 50.2 Å². The minimum Gasteiger partial charge on any atom is -0.369 e. The van der Waals surface area contributed by atoms with Gasteiger partial charge in [-0.15, -0.1) is 24.0 Å². The summed E-state index contributed by atoms with van der Waals surface area (Å²) in [6.07, 6.45) is 1.10. The number of nitrogens with one attached hydrogen (secondary N) is 2. The van der Waals surface area contributed by atoms with Crippen molar-refractivity contribution in [3.63, 3.8) is 0 Å². The monoisotopic (exact) mass is 548 g/mol. The van der Waals surface area contributed by atoms with Gasteiger partial charge in [0, 0.05) is 76.2 Å². The summed E-state index contributed by atoms with van der Waals surface area (Å²) in [5.41, 5.74) is 1.20. The number of piperazine rings is 1. The summed E-state index contributed by atoms with van der Waals surface area (Å²) in [4.78, 5) is 11.9. The van der Waals surface area contributed by atoms with Crippen molar-refractivity contribution >= 4 is 47.2 Å². The van der Waals surface area contributed by atoms with Gasteiger partial charge < -0.3 is 25.3 Å². The van der Waals surface area contributed by atoms with Crippen LogP contribution in [-0.4, -0.2) is 87.8 Å². The maximum absolute atomic E-state index is 6.14. The van der Waals surface area contributed by atoms with Crippen LogP contribution in [0, 0.1) is 5.92 Å². The van der Waals surface area contributed by atoms with E-state index in [-0.39, 0.29) is 24.0 Å². The molecular weight excluding hydrogens is 511 g/mol. The van der Waals surface area contributed by atoms with E-state index in [9.17, 15) is 0 Å². The molecule has 0 aromatic heterocycles. The summed E-state index contributed by atoms with van der Waals surface area (Å²) in [6, 6.07) is 8.51. The molecule has 8 heteroatoms. The number of hydrogen-bond acceptors (Lipinski definition) is 4. The molecular formula is C22H38ClIN6. The number of halogens is 2. The van der Waals surface area contributed by atoms with Gasteiger partial charge >= 0.3 is 0 Å². The second-order valence-electron chi connectivity index (χ2n) is 8.35. The highest BCUT2D eigenvalue weighted by Crippen LogP contribution is 2.23. The van der Waals surface area contributed by atoms with Gasteiger partial charge in [-0.25, -0.2) is 0 Å². The molecule has 2 aliphatic rings. The molecule has 2 aliphatic heterocycles. The lowest BCUT2D eigenvalue weighted by Crippen LogP contribution is -2.49. The summed E-state index contributed by atoms with van der Waals surface area (Å²) in [6.45, 7) is 14.6. The second-order valence-corrected chi connectivity index (χ2v) is 8.79. The van der Waals surface area contributed by atoms with E-state index >= 15 is 0 Å². The first-order chi connectivity index (χ1) is 14.1. The van der Waals surface area contributed by atoms with Crippen molar-refractivity contribution in [1.29, 1.82) is 0 Å². The number of guanidine groups is 1. The van der Waals surface area contributed by atoms with Crippen molar-refractivity contribution in [2.24, 2.45) is 10.9 Å². The predicted molar refractivity (Wildman–Crippen MR) is 140 cm³/mol. The van der Waals surface area contributed by atoms with Crippen LogP contribution in [0.4, 0.5) is 5.69 Å². The molecule has 0 bridgehead atoms. The zero-order chi connectivity index (χ0) is 20.6. The quantitative estimate of drug-likeness (QED) is 0.312. The molecule has 2 fully saturated rings. The normalized spacial score (nSPS) is 21.9. The number of aliphatic imine (C=N–C) groups is 1. The van der Waals surface area contributed by atoms with E-state index in [0.29, 0.717) is 12.0 Å². The van der Waals surface area contributed by atoms with Crippen molar-refractivity contribution in [2.45, 2.75) is 26.3 Å². The Labute approximate surface area is 204 Å². The molecule has 2 N–H and O–H groups in total. The predicted octanol–water partition coefficient (Wildman–Crippen LogP) is 2.98. The van der Waals surface area contributed by atoms with Gasteiger partial charge in [0.15, 0.2) is 5.96 Å². The summed E-state index contributed by atoms with van der Waals surface area (Å²) >= 11 is 6.14. The Morgan fingerprint density at radius 2 is 1.93 bits per heavy atom. The molecule has 1 aromatic carbocycles. The molecule has 0 radical (unpaired) electrons. The fraction of sp³-hybridized carbons (Fsp3) is 0.682. The first-order valence-corrected chi connectivity index (χ1v) is 11.4. The Morgan fingerprint density at radius 1 is 1.20 bits per heavy atom. The molecule has 30 heavy (non-hydrogen) atoms. The van der Waals surface area contributed by atoms with Crippen molar-refractivity contribution < 1.29 is 0 Å². The van der Waals surface area contributed by atoms with Crippen LogP contribution in [0.1, 0.15) is 20.3 Å². The third kappa shape index (κ3) is 7.73. The van der Waals surface area contributed by atoms with Gasteiger partial charge in [-0.2, -0.15) is 0 Å². The maximum atomic E-state index is 6.14. The average molecular weight is 549 g/mol. The minimum absolute atomic E-state index is 0. The van der Waals surface area contributed by atoms with Crippen LogP contribution in [0.2, 0.25) is 5.02 Å². The molecule has 6 nitrogen and oxygen atoms in total. The summed E-state index contributed by atoms with van der Waals surface area (Å²) < 4.78 is 0. The molecule has 0 saturated carbocycles. The van der Waals surface area contributed by atoms with E-state index < -0.39 is 0 Å². The van der Waals surface area contributed by atoms with Crippen LogP contribution in [0.5, 0.6) is 0 Å². The first kappa shape index (κ1) is 25.5. The smallest absolute Gasteiger partial charge is 0.191 e. The Bertz CT molecular complexity index is 665. The van der Waals surface area contributed by atoms with Crippen molar-refractivity contribution in [3.05, 3.63) is 29.3 Å². The van der Waals surface area contributed by atoms with E-state index in [1.54, 1.807) is 0 Å². The topological polar surface area (TPSA) is 46.1 Å². The lowest BCUT2D eigenvalue weighted by molar-refractivity contribution is 0.124. The lowest BCUT2D eigenvalue weighted by Gasteiger charge is -2.35. The zero-order valence-electron chi connectivity index (χ0n) is 18.6. The molecule has 170 valence electrons. The SMILES string of the molecule is CCN1CCN(CC(C)CNC(=NC)NC2CCN(c3cccc(Cl)c3)C2)CC1.I. The summed E-state index contributed by atoms with van der Waals surface area (Å²) in [7, 11) is 1.85. The van der Waals surface area contributed by atoms with Crippen molar-refractivity contribution in [3.8, 4) is 0 Å². The third-order valence-electron chi connectivity index (χ3n) is 6.03. The minimum atomic E-state index is 0. The molecule has 0 spiro atoms. The van der Waals surface area contributed by atoms with Gasteiger partial charge in [-0.3, -0.25) is 4.99 Å². The fourth-order valence-corrected chi connectivity index (χ4v) is 4.42. The van der Waals surface area contributed by atoms with Crippen LogP contribution in [0.15, 0.2) is 29.3 Å². The highest BCUT2D eigenvalue weighted by atomic mass is 127. The lowest BCUT2D eigenvalue weighted by atomic mass is 10.1. The number of anilines is 1. The van der Waals surface area contributed by atoms with Gasteiger partial charge in [0.2, 0.25) is 0 Å². The van der Waals surface area contributed by atoms with Crippen LogP contribution in [-0.2, 0) is 0 Å². The Kier molecular flexibility index (Phi) is 11.0. The van der Waals surface area contributed by atoms with E-state index in [4.69, 9.17) is 11.6 Å². The van der Waals surface area contributed by atoms with Gasteiger partial charge in [0.1, 0.15) is 0 Å². The summed E-state index contributed by atoms with van der Waals surface area (Å²) in [5, 5.41) is 7.92. The molecule has 0 aliphatic carbocycles. The second kappa shape index (κ2) is 12.9. The molecule has 3 rings (SSSR count). The van der Waals surface area contributed by atoms with E-state index in [1.807, 2.05) is 25.2 Å². The van der Waals surface area contributed by atoms with E-state index in [0.717, 1.165) is 43.6 Å². The van der Waals surface area contributed by atoms with Gasteiger partial charge in [-0.05, 0) is 37.1 Å². The Morgan fingerprint density at radius 3 is 2.60 bits per heavy atom. The van der Waals surface area contributed by atoms with Crippen molar-refractivity contribution in [1.82, 2.24) is 20.4 Å². The number of nitrogens with zero attached hydrogens (tertiary/aromatic N) is 4. The molecule has 1 aromatic rings. The largest absolute Gasteiger partial charge is 0.369 e.